The minimum absolute atomic E-state index is 0.411. The van der Waals surface area contributed by atoms with Crippen LogP contribution in [0.2, 0.25) is 0 Å². The summed E-state index contributed by atoms with van der Waals surface area (Å²) in [4.78, 5) is 8.60. The van der Waals surface area contributed by atoms with E-state index in [1.54, 1.807) is 14.0 Å². The molecule has 0 amide bonds. The van der Waals surface area contributed by atoms with E-state index >= 15 is 0 Å². The zero-order chi connectivity index (χ0) is 13.8. The van der Waals surface area contributed by atoms with Crippen molar-refractivity contribution in [3.05, 3.63) is 35.4 Å². The van der Waals surface area contributed by atoms with E-state index in [2.05, 4.69) is 15.0 Å². The molecule has 3 nitrogen and oxygen atoms in total. The molecule has 0 aromatic heterocycles. The van der Waals surface area contributed by atoms with Gasteiger partial charge >= 0.3 is 6.18 Å². The summed E-state index contributed by atoms with van der Waals surface area (Å²) in [5.74, 6) is 0. The molecular formula is C12H13F3N2O. The third-order valence-corrected chi connectivity index (χ3v) is 2.35. The SMILES string of the molecule is CN=C(C)/C(=N\OC)c1ccc(C(F)(F)F)cc1. The number of hydrogen-bond acceptors (Lipinski definition) is 3. The van der Waals surface area contributed by atoms with Crippen LogP contribution in [0.5, 0.6) is 0 Å². The van der Waals surface area contributed by atoms with E-state index in [0.717, 1.165) is 12.1 Å². The summed E-state index contributed by atoms with van der Waals surface area (Å²) >= 11 is 0. The molecule has 1 aromatic rings. The van der Waals surface area contributed by atoms with Crippen molar-refractivity contribution in [2.24, 2.45) is 10.1 Å². The molecule has 0 radical (unpaired) electrons. The maximum atomic E-state index is 12.4. The van der Waals surface area contributed by atoms with Gasteiger partial charge in [0.05, 0.1) is 11.3 Å². The molecule has 0 N–H and O–H groups in total. The van der Waals surface area contributed by atoms with E-state index in [-0.39, 0.29) is 0 Å². The van der Waals surface area contributed by atoms with Gasteiger partial charge in [0, 0.05) is 12.6 Å². The van der Waals surface area contributed by atoms with E-state index in [9.17, 15) is 13.2 Å². The lowest BCUT2D eigenvalue weighted by atomic mass is 10.0. The highest BCUT2D eigenvalue weighted by atomic mass is 19.4. The molecule has 0 saturated carbocycles. The molecule has 98 valence electrons. The van der Waals surface area contributed by atoms with Crippen LogP contribution in [0.25, 0.3) is 0 Å². The van der Waals surface area contributed by atoms with Crippen LogP contribution in [0.1, 0.15) is 18.1 Å². The summed E-state index contributed by atoms with van der Waals surface area (Å²) in [7, 11) is 2.94. The maximum absolute atomic E-state index is 12.4. The smallest absolute Gasteiger partial charge is 0.399 e. The fourth-order valence-corrected chi connectivity index (χ4v) is 1.34. The Kier molecular flexibility index (Phi) is 4.47. The van der Waals surface area contributed by atoms with Crippen LogP contribution in [0.4, 0.5) is 13.2 Å². The van der Waals surface area contributed by atoms with Crippen LogP contribution >= 0.6 is 0 Å². The van der Waals surface area contributed by atoms with Gasteiger partial charge in [-0.3, -0.25) is 4.99 Å². The van der Waals surface area contributed by atoms with Gasteiger partial charge < -0.3 is 4.84 Å². The number of nitrogens with zero attached hydrogens (tertiary/aromatic N) is 2. The molecule has 0 aliphatic heterocycles. The van der Waals surface area contributed by atoms with E-state index < -0.39 is 11.7 Å². The monoisotopic (exact) mass is 258 g/mol. The normalized spacial score (nSPS) is 13.7. The van der Waals surface area contributed by atoms with Gasteiger partial charge in [0.25, 0.3) is 0 Å². The third-order valence-electron chi connectivity index (χ3n) is 2.35. The van der Waals surface area contributed by atoms with E-state index in [0.29, 0.717) is 17.0 Å². The first-order valence-electron chi connectivity index (χ1n) is 5.12. The van der Waals surface area contributed by atoms with Gasteiger partial charge in [-0.25, -0.2) is 0 Å². The Labute approximate surface area is 103 Å². The van der Waals surface area contributed by atoms with Crippen LogP contribution < -0.4 is 0 Å². The predicted octanol–water partition coefficient (Wildman–Crippen LogP) is 3.15. The lowest BCUT2D eigenvalue weighted by molar-refractivity contribution is -0.137. The van der Waals surface area contributed by atoms with Gasteiger partial charge in [-0.15, -0.1) is 0 Å². The van der Waals surface area contributed by atoms with Gasteiger partial charge in [0.15, 0.2) is 0 Å². The first-order chi connectivity index (χ1) is 8.40. The van der Waals surface area contributed by atoms with Crippen molar-refractivity contribution < 1.29 is 18.0 Å². The summed E-state index contributed by atoms with van der Waals surface area (Å²) in [5.41, 5.74) is 0.812. The van der Waals surface area contributed by atoms with Crippen molar-refractivity contribution in [2.45, 2.75) is 13.1 Å². The van der Waals surface area contributed by atoms with Gasteiger partial charge in [0.2, 0.25) is 0 Å². The summed E-state index contributed by atoms with van der Waals surface area (Å²) in [5, 5.41) is 3.76. The van der Waals surface area contributed by atoms with E-state index in [4.69, 9.17) is 0 Å². The number of oxime groups is 1. The minimum Gasteiger partial charge on any atom is -0.399 e. The first-order valence-corrected chi connectivity index (χ1v) is 5.12. The standard InChI is InChI=1S/C12H13F3N2O/c1-8(16-2)11(17-18-3)9-4-6-10(7-5-9)12(13,14)15/h4-7H,1-3H3/b16-8?,17-11+. The Morgan fingerprint density at radius 1 is 1.17 bits per heavy atom. The molecule has 0 aliphatic carbocycles. The minimum atomic E-state index is -4.34. The largest absolute Gasteiger partial charge is 0.416 e. The van der Waals surface area contributed by atoms with Crippen molar-refractivity contribution in [1.29, 1.82) is 0 Å². The molecule has 0 spiro atoms. The average Bonchev–Trinajstić information content (AvgIpc) is 2.34. The Balaban J connectivity index is 3.14. The number of hydrogen-bond donors (Lipinski definition) is 0. The molecule has 6 heteroatoms. The predicted molar refractivity (Wildman–Crippen MR) is 64.0 cm³/mol. The Morgan fingerprint density at radius 3 is 2.11 bits per heavy atom. The quantitative estimate of drug-likeness (QED) is 0.605. The molecule has 0 heterocycles. The molecule has 0 fully saturated rings. The Hall–Kier alpha value is -1.85. The zero-order valence-electron chi connectivity index (χ0n) is 10.2. The van der Waals surface area contributed by atoms with Gasteiger partial charge in [-0.1, -0.05) is 17.3 Å². The van der Waals surface area contributed by atoms with Crippen LogP contribution in [0, 0.1) is 0 Å². The lowest BCUT2D eigenvalue weighted by Gasteiger charge is -2.08. The zero-order valence-corrected chi connectivity index (χ0v) is 10.2. The van der Waals surface area contributed by atoms with Gasteiger partial charge in [0.1, 0.15) is 12.8 Å². The highest BCUT2D eigenvalue weighted by Crippen LogP contribution is 2.29. The van der Waals surface area contributed by atoms with Crippen LogP contribution in [-0.2, 0) is 11.0 Å². The fraction of sp³-hybridized carbons (Fsp3) is 0.333. The molecule has 0 bridgehead atoms. The average molecular weight is 258 g/mol. The molecule has 0 aliphatic rings. The summed E-state index contributed by atoms with van der Waals surface area (Å²) in [6, 6.07) is 4.69. The highest BCUT2D eigenvalue weighted by Gasteiger charge is 2.30. The van der Waals surface area contributed by atoms with Gasteiger partial charge in [-0.2, -0.15) is 13.2 Å². The number of benzene rings is 1. The van der Waals surface area contributed by atoms with Crippen molar-refractivity contribution in [3.8, 4) is 0 Å². The highest BCUT2D eigenvalue weighted by molar-refractivity contribution is 6.47. The number of rotatable bonds is 3. The molecule has 0 unspecified atom stereocenters. The lowest BCUT2D eigenvalue weighted by Crippen LogP contribution is -2.13. The van der Waals surface area contributed by atoms with Crippen molar-refractivity contribution >= 4 is 11.4 Å². The van der Waals surface area contributed by atoms with Crippen molar-refractivity contribution in [3.63, 3.8) is 0 Å². The van der Waals surface area contributed by atoms with Crippen molar-refractivity contribution in [2.75, 3.05) is 14.2 Å². The van der Waals surface area contributed by atoms with E-state index in [1.807, 2.05) is 0 Å². The fourth-order valence-electron chi connectivity index (χ4n) is 1.34. The summed E-state index contributed by atoms with van der Waals surface area (Å²) in [6.07, 6.45) is -4.34. The molecule has 1 aromatic carbocycles. The molecular weight excluding hydrogens is 245 g/mol. The van der Waals surface area contributed by atoms with Gasteiger partial charge in [-0.05, 0) is 19.1 Å². The van der Waals surface area contributed by atoms with Crippen LogP contribution in [0.15, 0.2) is 34.4 Å². The van der Waals surface area contributed by atoms with Crippen LogP contribution in [-0.4, -0.2) is 25.6 Å². The second-order valence-electron chi connectivity index (χ2n) is 3.51. The second-order valence-corrected chi connectivity index (χ2v) is 3.51. The molecule has 18 heavy (non-hydrogen) atoms. The van der Waals surface area contributed by atoms with Crippen molar-refractivity contribution in [1.82, 2.24) is 0 Å². The Bertz CT molecular complexity index is 461. The first kappa shape index (κ1) is 14.2. The number of aliphatic imine (C=N–C) groups is 1. The molecule has 0 saturated heterocycles. The van der Waals surface area contributed by atoms with Crippen LogP contribution in [0.3, 0.4) is 0 Å². The number of halogens is 3. The van der Waals surface area contributed by atoms with E-state index in [1.165, 1.54) is 19.2 Å². The second kappa shape index (κ2) is 5.66. The number of alkyl halides is 3. The topological polar surface area (TPSA) is 34.0 Å². The summed E-state index contributed by atoms with van der Waals surface area (Å²) < 4.78 is 37.2. The third kappa shape index (κ3) is 3.32. The molecule has 0 atom stereocenters. The molecule has 1 rings (SSSR count). The Morgan fingerprint density at radius 2 is 1.72 bits per heavy atom. The summed E-state index contributed by atoms with van der Waals surface area (Å²) in [6.45, 7) is 1.70. The maximum Gasteiger partial charge on any atom is 0.416 e.